The van der Waals surface area contributed by atoms with E-state index in [4.69, 9.17) is 9.47 Å². The number of carbonyl (C=O) groups is 2. The smallest absolute Gasteiger partial charge is 0.256 e. The molecule has 2 aromatic carbocycles. The van der Waals surface area contributed by atoms with Gasteiger partial charge in [0.1, 0.15) is 11.5 Å². The van der Waals surface area contributed by atoms with Crippen molar-refractivity contribution in [2.75, 3.05) is 45.7 Å². The number of ether oxygens (including phenoxy) is 2. The molecule has 2 fully saturated rings. The lowest BCUT2D eigenvalue weighted by Gasteiger charge is -2.28. The van der Waals surface area contributed by atoms with Gasteiger partial charge in [-0.25, -0.2) is 8.42 Å². The first-order valence-electron chi connectivity index (χ1n) is 15.4. The van der Waals surface area contributed by atoms with Gasteiger partial charge in [-0.2, -0.15) is 0 Å². The van der Waals surface area contributed by atoms with E-state index >= 15 is 0 Å². The van der Waals surface area contributed by atoms with Gasteiger partial charge in [0.05, 0.1) is 36.0 Å². The molecular formula is C34H40N4O6S. The molecular weight excluding hydrogens is 592 g/mol. The van der Waals surface area contributed by atoms with Crippen molar-refractivity contribution in [3.63, 3.8) is 0 Å². The standard InChI is InChI=1S/C34H40N4O6S/c1-21-31(35-22(2)32(21)34(40)38-13-7-8-24(38)19-37-11-5-6-12-37)18-29-28-17-27(9-10-30(28)36-33(29)39)45(41,42)20-23-14-25(43-3)16-26(15-23)44-4/h9-10,14-18,24,35H,5-8,11-13,19-20H2,1-4H3,(H,36,39)/t24-/m1/s1. The van der Waals surface area contributed by atoms with Gasteiger partial charge < -0.3 is 29.6 Å². The third-order valence-electron chi connectivity index (χ3n) is 9.19. The van der Waals surface area contributed by atoms with Crippen LogP contribution in [0.25, 0.3) is 11.6 Å². The maximum Gasteiger partial charge on any atom is 0.256 e. The van der Waals surface area contributed by atoms with Crippen LogP contribution in [-0.4, -0.2) is 81.5 Å². The topological polar surface area (TPSA) is 121 Å². The lowest BCUT2D eigenvalue weighted by atomic mass is 10.0. The van der Waals surface area contributed by atoms with E-state index in [0.29, 0.717) is 45.1 Å². The summed E-state index contributed by atoms with van der Waals surface area (Å²) in [6, 6.07) is 9.87. The van der Waals surface area contributed by atoms with Crippen LogP contribution in [-0.2, 0) is 20.4 Å². The van der Waals surface area contributed by atoms with Crippen LogP contribution in [0.2, 0.25) is 0 Å². The quantitative estimate of drug-likeness (QED) is 0.325. The Labute approximate surface area is 264 Å². The number of benzene rings is 2. The molecule has 238 valence electrons. The Morgan fingerprint density at radius 1 is 1.00 bits per heavy atom. The number of carbonyl (C=O) groups excluding carboxylic acids is 2. The molecule has 2 amide bonds. The number of aromatic nitrogens is 1. The van der Waals surface area contributed by atoms with Gasteiger partial charge >= 0.3 is 0 Å². The third-order valence-corrected chi connectivity index (χ3v) is 10.9. The van der Waals surface area contributed by atoms with Gasteiger partial charge in [0.2, 0.25) is 0 Å². The minimum absolute atomic E-state index is 0.0198. The Balaban J connectivity index is 1.28. The van der Waals surface area contributed by atoms with Crippen molar-refractivity contribution < 1.29 is 27.5 Å². The van der Waals surface area contributed by atoms with Gasteiger partial charge in [0.15, 0.2) is 9.84 Å². The van der Waals surface area contributed by atoms with Crippen molar-refractivity contribution in [3.8, 4) is 11.5 Å². The summed E-state index contributed by atoms with van der Waals surface area (Å²) in [5.41, 5.74) is 4.70. The van der Waals surface area contributed by atoms with Gasteiger partial charge in [-0.15, -0.1) is 0 Å². The Hall–Kier alpha value is -4.09. The Morgan fingerprint density at radius 2 is 1.71 bits per heavy atom. The number of anilines is 1. The molecule has 3 aliphatic heterocycles. The molecule has 1 aromatic heterocycles. The van der Waals surface area contributed by atoms with Crippen molar-refractivity contribution in [1.29, 1.82) is 0 Å². The predicted molar refractivity (Wildman–Crippen MR) is 173 cm³/mol. The molecule has 45 heavy (non-hydrogen) atoms. The first-order valence-corrected chi connectivity index (χ1v) is 17.1. The van der Waals surface area contributed by atoms with Crippen LogP contribution in [0.5, 0.6) is 11.5 Å². The molecule has 2 N–H and O–H groups in total. The Bertz CT molecular complexity index is 1770. The molecule has 1 atom stereocenters. The SMILES string of the molecule is COc1cc(CS(=O)(=O)c2ccc3c(c2)C(=Cc2[nH]c(C)c(C(=O)N4CCC[C@@H]4CN4CCCC4)c2C)C(=O)N3)cc(OC)c1. The highest BCUT2D eigenvalue weighted by Crippen LogP contribution is 2.37. The fourth-order valence-electron chi connectivity index (χ4n) is 6.84. The number of aromatic amines is 1. The van der Waals surface area contributed by atoms with Crippen molar-refractivity contribution in [2.45, 2.75) is 56.2 Å². The molecule has 3 aliphatic rings. The van der Waals surface area contributed by atoms with Crippen molar-refractivity contribution >= 4 is 39.0 Å². The number of aryl methyl sites for hydroxylation is 1. The number of amides is 2. The Morgan fingerprint density at radius 3 is 2.40 bits per heavy atom. The normalized spacial score (nSPS) is 19.3. The zero-order valence-electron chi connectivity index (χ0n) is 26.2. The number of methoxy groups -OCH3 is 2. The van der Waals surface area contributed by atoms with E-state index in [0.717, 1.165) is 50.3 Å². The number of nitrogens with zero attached hydrogens (tertiary/aromatic N) is 2. The molecule has 0 radical (unpaired) electrons. The number of rotatable bonds is 9. The molecule has 0 bridgehead atoms. The highest BCUT2D eigenvalue weighted by atomic mass is 32.2. The van der Waals surface area contributed by atoms with E-state index in [1.54, 1.807) is 30.3 Å². The molecule has 4 heterocycles. The number of hydrogen-bond donors (Lipinski definition) is 2. The van der Waals surface area contributed by atoms with Gasteiger partial charge in [-0.3, -0.25) is 9.59 Å². The second-order valence-electron chi connectivity index (χ2n) is 12.2. The average molecular weight is 633 g/mol. The van der Waals surface area contributed by atoms with Crippen molar-refractivity contribution in [1.82, 2.24) is 14.8 Å². The molecule has 0 unspecified atom stereocenters. The molecule has 0 aliphatic carbocycles. The van der Waals surface area contributed by atoms with Crippen LogP contribution in [0.1, 0.15) is 64.1 Å². The number of nitrogens with one attached hydrogen (secondary N) is 2. The maximum absolute atomic E-state index is 13.9. The molecule has 3 aromatic rings. The first kappa shape index (κ1) is 30.9. The number of sulfone groups is 1. The molecule has 0 spiro atoms. The second-order valence-corrected chi connectivity index (χ2v) is 14.2. The summed E-state index contributed by atoms with van der Waals surface area (Å²) in [5.74, 6) is 0.410. The highest BCUT2D eigenvalue weighted by molar-refractivity contribution is 7.90. The van der Waals surface area contributed by atoms with Crippen LogP contribution in [0.15, 0.2) is 41.3 Å². The fraction of sp³-hybridized carbons (Fsp3) is 0.412. The van der Waals surface area contributed by atoms with Gasteiger partial charge in [-0.05, 0) is 100 Å². The van der Waals surface area contributed by atoms with E-state index in [-0.39, 0.29) is 28.5 Å². The summed E-state index contributed by atoms with van der Waals surface area (Å²) in [6.07, 6.45) is 6.16. The lowest BCUT2D eigenvalue weighted by Crippen LogP contribution is -2.42. The number of fused-ring (bicyclic) bond motifs is 1. The molecule has 0 saturated carbocycles. The largest absolute Gasteiger partial charge is 0.497 e. The van der Waals surface area contributed by atoms with Crippen molar-refractivity contribution in [3.05, 3.63) is 70.0 Å². The predicted octanol–water partition coefficient (Wildman–Crippen LogP) is 4.82. The summed E-state index contributed by atoms with van der Waals surface area (Å²) in [6.45, 7) is 7.63. The fourth-order valence-corrected chi connectivity index (χ4v) is 8.18. The summed E-state index contributed by atoms with van der Waals surface area (Å²) in [5, 5.41) is 2.85. The summed E-state index contributed by atoms with van der Waals surface area (Å²) in [7, 11) is -0.763. The first-order chi connectivity index (χ1) is 21.6. The van der Waals surface area contributed by atoms with Crippen LogP contribution >= 0.6 is 0 Å². The van der Waals surface area contributed by atoms with Crippen LogP contribution in [0.4, 0.5) is 5.69 Å². The van der Waals surface area contributed by atoms with E-state index in [1.165, 1.54) is 39.2 Å². The van der Waals surface area contributed by atoms with Gasteiger partial charge in [0, 0.05) is 47.8 Å². The molecule has 11 heteroatoms. The Kier molecular flexibility index (Phi) is 8.49. The number of H-pyrrole nitrogens is 1. The summed E-state index contributed by atoms with van der Waals surface area (Å²) < 4.78 is 37.7. The third kappa shape index (κ3) is 6.11. The van der Waals surface area contributed by atoms with E-state index in [1.807, 2.05) is 18.7 Å². The zero-order valence-corrected chi connectivity index (χ0v) is 27.1. The monoisotopic (exact) mass is 632 g/mol. The highest BCUT2D eigenvalue weighted by Gasteiger charge is 2.34. The van der Waals surface area contributed by atoms with E-state index in [2.05, 4.69) is 15.2 Å². The maximum atomic E-state index is 13.9. The molecule has 2 saturated heterocycles. The van der Waals surface area contributed by atoms with E-state index < -0.39 is 9.84 Å². The molecule has 6 rings (SSSR count). The number of likely N-dealkylation sites (tertiary alicyclic amines) is 2. The van der Waals surface area contributed by atoms with Gasteiger partial charge in [0.25, 0.3) is 11.8 Å². The second kappa shape index (κ2) is 12.4. The van der Waals surface area contributed by atoms with E-state index in [9.17, 15) is 18.0 Å². The summed E-state index contributed by atoms with van der Waals surface area (Å²) in [4.78, 5) is 34.9. The van der Waals surface area contributed by atoms with Crippen LogP contribution < -0.4 is 14.8 Å². The minimum atomic E-state index is -3.78. The molecule has 10 nitrogen and oxygen atoms in total. The van der Waals surface area contributed by atoms with Crippen LogP contribution in [0, 0.1) is 13.8 Å². The van der Waals surface area contributed by atoms with Crippen molar-refractivity contribution in [2.24, 2.45) is 0 Å². The van der Waals surface area contributed by atoms with Crippen LogP contribution in [0.3, 0.4) is 0 Å². The van der Waals surface area contributed by atoms with Gasteiger partial charge in [-0.1, -0.05) is 0 Å². The summed E-state index contributed by atoms with van der Waals surface area (Å²) >= 11 is 0. The zero-order chi connectivity index (χ0) is 31.9. The average Bonchev–Trinajstić information content (AvgIpc) is 3.81. The number of hydrogen-bond acceptors (Lipinski definition) is 7. The lowest BCUT2D eigenvalue weighted by molar-refractivity contribution is -0.110. The minimum Gasteiger partial charge on any atom is -0.497 e.